The molecule has 0 spiro atoms. The van der Waals surface area contributed by atoms with Crippen molar-refractivity contribution in [1.29, 1.82) is 0 Å². The van der Waals surface area contributed by atoms with E-state index >= 15 is 0 Å². The summed E-state index contributed by atoms with van der Waals surface area (Å²) in [4.78, 5) is 0. The van der Waals surface area contributed by atoms with Gasteiger partial charge in [-0.15, -0.1) is 6.42 Å². The molecule has 1 nitrogen and oxygen atoms in total. The minimum atomic E-state index is 0. The van der Waals surface area contributed by atoms with Crippen molar-refractivity contribution in [3.05, 3.63) is 0 Å². The second-order valence-corrected chi connectivity index (χ2v) is 3.06. The predicted molar refractivity (Wildman–Crippen MR) is 38.8 cm³/mol. The van der Waals surface area contributed by atoms with E-state index in [1.54, 1.807) is 0 Å². The molecule has 0 amide bonds. The van der Waals surface area contributed by atoms with Gasteiger partial charge in [-0.25, -0.2) is 0 Å². The van der Waals surface area contributed by atoms with Gasteiger partial charge in [-0.1, -0.05) is 12.3 Å². The van der Waals surface area contributed by atoms with Crippen LogP contribution in [0.1, 0.15) is 26.2 Å². The highest BCUT2D eigenvalue weighted by Gasteiger charge is 2.34. The maximum Gasteiger partial charge on any atom is 0.0434 e. The average Bonchev–Trinajstić information content (AvgIpc) is 2.15. The first-order valence-electron chi connectivity index (χ1n) is 3.42. The maximum absolute atomic E-state index is 5.78. The molecule has 2 unspecified atom stereocenters. The van der Waals surface area contributed by atoms with Crippen LogP contribution in [0.25, 0.3) is 0 Å². The molecule has 1 aliphatic carbocycles. The summed E-state index contributed by atoms with van der Waals surface area (Å²) >= 11 is 0. The Hall–Kier alpha value is -0.480. The Kier molecular flexibility index (Phi) is 1.50. The minimum Gasteiger partial charge on any atom is -0.326 e. The Morgan fingerprint density at radius 3 is 2.67 bits per heavy atom. The topological polar surface area (TPSA) is 26.0 Å². The lowest BCUT2D eigenvalue weighted by Gasteiger charge is -2.21. The highest BCUT2D eigenvalue weighted by atomic mass is 14.7. The number of nitrogens with two attached hydrogens (primary N) is 1. The fraction of sp³-hybridized carbons (Fsp3) is 0.750. The van der Waals surface area contributed by atoms with E-state index in [2.05, 4.69) is 12.8 Å². The molecular weight excluding hydrogens is 110 g/mol. The highest BCUT2D eigenvalue weighted by Crippen LogP contribution is 2.35. The SMILES string of the molecule is C#CC1(C)CCCC1N. The van der Waals surface area contributed by atoms with Crippen LogP contribution in [0, 0.1) is 17.8 Å². The molecule has 0 aromatic heterocycles. The fourth-order valence-electron chi connectivity index (χ4n) is 1.37. The van der Waals surface area contributed by atoms with Crippen molar-refractivity contribution >= 4 is 0 Å². The lowest BCUT2D eigenvalue weighted by atomic mass is 9.87. The molecule has 0 bridgehead atoms. The molecule has 0 aromatic carbocycles. The van der Waals surface area contributed by atoms with Gasteiger partial charge in [0.25, 0.3) is 0 Å². The molecule has 9 heavy (non-hydrogen) atoms. The molecule has 0 aromatic rings. The largest absolute Gasteiger partial charge is 0.326 e. The molecule has 1 aliphatic rings. The van der Waals surface area contributed by atoms with Gasteiger partial charge in [0.1, 0.15) is 0 Å². The van der Waals surface area contributed by atoms with Crippen LogP contribution in [0.3, 0.4) is 0 Å². The van der Waals surface area contributed by atoms with Gasteiger partial charge in [-0.05, 0) is 19.8 Å². The molecule has 1 fully saturated rings. The second-order valence-electron chi connectivity index (χ2n) is 3.06. The Bertz CT molecular complexity index is 145. The standard InChI is InChI=1S/C8H13N/c1-3-8(2)6-4-5-7(8)9/h1,7H,4-6,9H2,2H3. The van der Waals surface area contributed by atoms with E-state index < -0.39 is 0 Å². The summed E-state index contributed by atoms with van der Waals surface area (Å²) in [5, 5.41) is 0. The number of rotatable bonds is 0. The van der Waals surface area contributed by atoms with Gasteiger partial charge in [-0.2, -0.15) is 0 Å². The first kappa shape index (κ1) is 6.64. The van der Waals surface area contributed by atoms with Crippen molar-refractivity contribution in [1.82, 2.24) is 0 Å². The van der Waals surface area contributed by atoms with Crippen molar-refractivity contribution < 1.29 is 0 Å². The fourth-order valence-corrected chi connectivity index (χ4v) is 1.37. The van der Waals surface area contributed by atoms with Crippen LogP contribution in [0.4, 0.5) is 0 Å². The third-order valence-electron chi connectivity index (χ3n) is 2.36. The second kappa shape index (κ2) is 2.04. The zero-order valence-corrected chi connectivity index (χ0v) is 5.85. The summed E-state index contributed by atoms with van der Waals surface area (Å²) in [6, 6.07) is 0.238. The van der Waals surface area contributed by atoms with Crippen LogP contribution in [0.5, 0.6) is 0 Å². The summed E-state index contributed by atoms with van der Waals surface area (Å²) in [5.41, 5.74) is 5.78. The van der Waals surface area contributed by atoms with Gasteiger partial charge in [0.05, 0.1) is 0 Å². The Labute approximate surface area is 56.6 Å². The van der Waals surface area contributed by atoms with Gasteiger partial charge in [-0.3, -0.25) is 0 Å². The van der Waals surface area contributed by atoms with Gasteiger partial charge < -0.3 is 5.73 Å². The molecule has 1 heteroatoms. The summed E-state index contributed by atoms with van der Waals surface area (Å²) in [6.07, 6.45) is 8.72. The Morgan fingerprint density at radius 1 is 1.78 bits per heavy atom. The van der Waals surface area contributed by atoms with Gasteiger partial charge >= 0.3 is 0 Å². The molecule has 1 saturated carbocycles. The maximum atomic E-state index is 5.78. The third kappa shape index (κ3) is 0.951. The molecule has 1 rings (SSSR count). The van der Waals surface area contributed by atoms with E-state index in [4.69, 9.17) is 12.2 Å². The molecular formula is C8H13N. The zero-order valence-electron chi connectivity index (χ0n) is 5.85. The first-order valence-corrected chi connectivity index (χ1v) is 3.42. The van der Waals surface area contributed by atoms with E-state index in [-0.39, 0.29) is 11.5 Å². The lowest BCUT2D eigenvalue weighted by molar-refractivity contribution is 0.408. The minimum absolute atomic E-state index is 0. The molecule has 2 atom stereocenters. The van der Waals surface area contributed by atoms with Gasteiger partial charge in [0, 0.05) is 11.5 Å². The van der Waals surface area contributed by atoms with Crippen molar-refractivity contribution in [2.75, 3.05) is 0 Å². The van der Waals surface area contributed by atoms with Crippen LogP contribution in [-0.2, 0) is 0 Å². The van der Waals surface area contributed by atoms with E-state index in [0.717, 1.165) is 12.8 Å². The van der Waals surface area contributed by atoms with Crippen LogP contribution in [-0.4, -0.2) is 6.04 Å². The monoisotopic (exact) mass is 123 g/mol. The smallest absolute Gasteiger partial charge is 0.0434 e. The van der Waals surface area contributed by atoms with Crippen LogP contribution < -0.4 is 5.73 Å². The van der Waals surface area contributed by atoms with E-state index in [1.807, 2.05) is 0 Å². The van der Waals surface area contributed by atoms with Crippen molar-refractivity contribution in [3.63, 3.8) is 0 Å². The number of terminal acetylenes is 1. The molecule has 2 N–H and O–H groups in total. The average molecular weight is 123 g/mol. The molecule has 0 aliphatic heterocycles. The summed E-state index contributed by atoms with van der Waals surface area (Å²) in [7, 11) is 0. The molecule has 0 saturated heterocycles. The third-order valence-corrected chi connectivity index (χ3v) is 2.36. The molecule has 0 radical (unpaired) electrons. The quantitative estimate of drug-likeness (QED) is 0.480. The molecule has 0 heterocycles. The van der Waals surface area contributed by atoms with Crippen LogP contribution in [0.15, 0.2) is 0 Å². The van der Waals surface area contributed by atoms with E-state index in [9.17, 15) is 0 Å². The van der Waals surface area contributed by atoms with Crippen molar-refractivity contribution in [2.45, 2.75) is 32.2 Å². The zero-order chi connectivity index (χ0) is 6.91. The summed E-state index contributed by atoms with van der Waals surface area (Å²) in [5.74, 6) is 2.77. The van der Waals surface area contributed by atoms with Crippen LogP contribution in [0.2, 0.25) is 0 Å². The molecule has 50 valence electrons. The van der Waals surface area contributed by atoms with Gasteiger partial charge in [0.15, 0.2) is 0 Å². The Balaban J connectivity index is 2.70. The van der Waals surface area contributed by atoms with Crippen molar-refractivity contribution in [2.24, 2.45) is 11.1 Å². The first-order chi connectivity index (χ1) is 4.19. The Morgan fingerprint density at radius 2 is 2.44 bits per heavy atom. The lowest BCUT2D eigenvalue weighted by Crippen LogP contribution is -2.32. The summed E-state index contributed by atoms with van der Waals surface area (Å²) in [6.45, 7) is 2.07. The normalized spacial score (nSPS) is 42.6. The van der Waals surface area contributed by atoms with E-state index in [1.165, 1.54) is 6.42 Å². The number of hydrogen-bond acceptors (Lipinski definition) is 1. The predicted octanol–water partition coefficient (Wildman–Crippen LogP) is 1.14. The van der Waals surface area contributed by atoms with Crippen LogP contribution >= 0.6 is 0 Å². The summed E-state index contributed by atoms with van der Waals surface area (Å²) < 4.78 is 0. The van der Waals surface area contributed by atoms with Gasteiger partial charge in [0.2, 0.25) is 0 Å². The highest BCUT2D eigenvalue weighted by molar-refractivity contribution is 5.11. The number of hydrogen-bond donors (Lipinski definition) is 1. The van der Waals surface area contributed by atoms with E-state index in [0.29, 0.717) is 0 Å². The van der Waals surface area contributed by atoms with Crippen molar-refractivity contribution in [3.8, 4) is 12.3 Å².